The van der Waals surface area contributed by atoms with Crippen molar-refractivity contribution in [3.05, 3.63) is 0 Å². The van der Waals surface area contributed by atoms with Crippen molar-refractivity contribution in [2.24, 2.45) is 22.2 Å². The van der Waals surface area contributed by atoms with Crippen molar-refractivity contribution >= 4 is 5.96 Å². The van der Waals surface area contributed by atoms with Crippen molar-refractivity contribution < 1.29 is 17.9 Å². The van der Waals surface area contributed by atoms with Gasteiger partial charge in [0.05, 0.1) is 12.0 Å². The molecule has 0 aromatic carbocycles. The summed E-state index contributed by atoms with van der Waals surface area (Å²) in [6.07, 6.45) is -0.0577. The molecule has 144 valence electrons. The molecule has 1 saturated heterocycles. The molecule has 3 aliphatic rings. The maximum atomic E-state index is 12.8. The van der Waals surface area contributed by atoms with Crippen LogP contribution in [0.15, 0.2) is 4.99 Å². The van der Waals surface area contributed by atoms with E-state index >= 15 is 0 Å². The van der Waals surface area contributed by atoms with E-state index in [0.29, 0.717) is 30.8 Å². The number of fused-ring (bicyclic) bond motifs is 1. The molecule has 3 atom stereocenters. The molecular formula is C18H30F3N3O. The van der Waals surface area contributed by atoms with Gasteiger partial charge >= 0.3 is 6.18 Å². The van der Waals surface area contributed by atoms with Gasteiger partial charge in [-0.2, -0.15) is 13.2 Å². The van der Waals surface area contributed by atoms with E-state index in [1.54, 1.807) is 7.05 Å². The van der Waals surface area contributed by atoms with Crippen molar-refractivity contribution in [1.82, 2.24) is 10.6 Å². The van der Waals surface area contributed by atoms with Crippen molar-refractivity contribution in [2.75, 3.05) is 13.7 Å². The van der Waals surface area contributed by atoms with Gasteiger partial charge in [-0.3, -0.25) is 4.99 Å². The van der Waals surface area contributed by atoms with Crippen molar-refractivity contribution in [3.63, 3.8) is 0 Å². The summed E-state index contributed by atoms with van der Waals surface area (Å²) in [5, 5.41) is 6.86. The van der Waals surface area contributed by atoms with E-state index in [2.05, 4.69) is 29.5 Å². The van der Waals surface area contributed by atoms with E-state index in [-0.39, 0.29) is 30.3 Å². The first-order valence-electron chi connectivity index (χ1n) is 9.41. The van der Waals surface area contributed by atoms with Crippen molar-refractivity contribution in [2.45, 2.75) is 76.7 Å². The first-order valence-corrected chi connectivity index (χ1v) is 9.41. The van der Waals surface area contributed by atoms with Gasteiger partial charge in [-0.15, -0.1) is 0 Å². The number of nitrogens with one attached hydrogen (secondary N) is 2. The Balaban J connectivity index is 1.52. The van der Waals surface area contributed by atoms with Gasteiger partial charge in [0.25, 0.3) is 0 Å². The fraction of sp³-hybridized carbons (Fsp3) is 0.944. The Labute approximate surface area is 148 Å². The Bertz CT molecular complexity index is 498. The standard InChI is InChI=1S/C18H30F3N3O/c1-17(2)14(13-5-4-10-25-15(13)17)24-16(22-3)23-12-8-6-11(7-9-12)18(19,20)21/h11-15H,4-10H2,1-3H3,(H2,22,23,24). The van der Waals surface area contributed by atoms with Crippen LogP contribution >= 0.6 is 0 Å². The highest BCUT2D eigenvalue weighted by Gasteiger charge is 2.58. The van der Waals surface area contributed by atoms with Crippen LogP contribution in [0.25, 0.3) is 0 Å². The maximum Gasteiger partial charge on any atom is 0.391 e. The number of hydrogen-bond donors (Lipinski definition) is 2. The van der Waals surface area contributed by atoms with Crippen LogP contribution in [0.1, 0.15) is 52.4 Å². The highest BCUT2D eigenvalue weighted by Crippen LogP contribution is 2.51. The first-order chi connectivity index (χ1) is 11.7. The van der Waals surface area contributed by atoms with Gasteiger partial charge < -0.3 is 15.4 Å². The maximum absolute atomic E-state index is 12.8. The summed E-state index contributed by atoms with van der Waals surface area (Å²) in [5.41, 5.74) is 0.0383. The second-order valence-corrected chi connectivity index (χ2v) is 8.35. The summed E-state index contributed by atoms with van der Waals surface area (Å²) in [6.45, 7) is 5.25. The molecule has 1 heterocycles. The summed E-state index contributed by atoms with van der Waals surface area (Å²) in [5.74, 6) is 0.0482. The zero-order chi connectivity index (χ0) is 18.2. The molecule has 1 aliphatic heterocycles. The van der Waals surface area contributed by atoms with Crippen molar-refractivity contribution in [3.8, 4) is 0 Å². The van der Waals surface area contributed by atoms with Gasteiger partial charge in [0, 0.05) is 37.1 Å². The van der Waals surface area contributed by atoms with Crippen LogP contribution in [-0.2, 0) is 4.74 Å². The lowest BCUT2D eigenvalue weighted by Crippen LogP contribution is -2.71. The molecule has 0 aromatic heterocycles. The van der Waals surface area contributed by atoms with Crippen LogP contribution in [-0.4, -0.2) is 44.0 Å². The summed E-state index contributed by atoms with van der Waals surface area (Å²) >= 11 is 0. The van der Waals surface area contributed by atoms with Gasteiger partial charge in [0.15, 0.2) is 5.96 Å². The molecule has 2 aliphatic carbocycles. The van der Waals surface area contributed by atoms with Crippen LogP contribution in [0.3, 0.4) is 0 Å². The second-order valence-electron chi connectivity index (χ2n) is 8.35. The third-order valence-corrected chi connectivity index (χ3v) is 6.38. The number of rotatable bonds is 2. The third kappa shape index (κ3) is 3.76. The van der Waals surface area contributed by atoms with Gasteiger partial charge in [-0.1, -0.05) is 13.8 Å². The number of guanidine groups is 1. The van der Waals surface area contributed by atoms with Crippen LogP contribution < -0.4 is 10.6 Å². The fourth-order valence-corrected chi connectivity index (χ4v) is 4.89. The summed E-state index contributed by atoms with van der Waals surface area (Å²) in [6, 6.07) is 0.349. The second kappa shape index (κ2) is 6.97. The average Bonchev–Trinajstić information content (AvgIpc) is 2.58. The van der Waals surface area contributed by atoms with Gasteiger partial charge in [0.1, 0.15) is 0 Å². The molecule has 2 N–H and O–H groups in total. The minimum Gasteiger partial charge on any atom is -0.377 e. The Morgan fingerprint density at radius 2 is 1.76 bits per heavy atom. The molecule has 0 spiro atoms. The number of aliphatic imine (C=N–C) groups is 1. The lowest BCUT2D eigenvalue weighted by Gasteiger charge is -2.60. The minimum atomic E-state index is -4.06. The Kier molecular flexibility index (Phi) is 5.24. The molecule has 3 unspecified atom stereocenters. The van der Waals surface area contributed by atoms with Gasteiger partial charge in [0.2, 0.25) is 0 Å². The summed E-state index contributed by atoms with van der Waals surface area (Å²) in [7, 11) is 1.72. The zero-order valence-corrected chi connectivity index (χ0v) is 15.3. The Morgan fingerprint density at radius 3 is 2.36 bits per heavy atom. The molecule has 0 aromatic rings. The highest BCUT2D eigenvalue weighted by atomic mass is 19.4. The van der Waals surface area contributed by atoms with E-state index in [4.69, 9.17) is 4.74 Å². The molecule has 3 fully saturated rings. The van der Waals surface area contributed by atoms with E-state index < -0.39 is 12.1 Å². The number of alkyl halides is 3. The summed E-state index contributed by atoms with van der Waals surface area (Å²) in [4.78, 5) is 4.31. The molecule has 0 amide bonds. The predicted octanol–water partition coefficient (Wildman–Crippen LogP) is 3.48. The quantitative estimate of drug-likeness (QED) is 0.585. The lowest BCUT2D eigenvalue weighted by molar-refractivity contribution is -0.188. The number of nitrogens with zero attached hydrogens (tertiary/aromatic N) is 1. The smallest absolute Gasteiger partial charge is 0.377 e. The number of halogens is 3. The third-order valence-electron chi connectivity index (χ3n) is 6.38. The predicted molar refractivity (Wildman–Crippen MR) is 91.5 cm³/mol. The van der Waals surface area contributed by atoms with Crippen LogP contribution in [0.4, 0.5) is 13.2 Å². The summed E-state index contributed by atoms with van der Waals surface area (Å²) < 4.78 is 44.3. The first kappa shape index (κ1) is 18.8. The molecule has 0 bridgehead atoms. The van der Waals surface area contributed by atoms with Crippen LogP contribution in [0.5, 0.6) is 0 Å². The average molecular weight is 361 g/mol. The normalized spacial score (nSPS) is 38.5. The Morgan fingerprint density at radius 1 is 1.08 bits per heavy atom. The molecule has 4 nitrogen and oxygen atoms in total. The van der Waals surface area contributed by atoms with E-state index in [1.165, 1.54) is 0 Å². The van der Waals surface area contributed by atoms with Crippen molar-refractivity contribution in [1.29, 1.82) is 0 Å². The molecule has 7 heteroatoms. The highest BCUT2D eigenvalue weighted by molar-refractivity contribution is 5.80. The fourth-order valence-electron chi connectivity index (χ4n) is 4.89. The molecule has 3 rings (SSSR count). The lowest BCUT2D eigenvalue weighted by atomic mass is 9.55. The minimum absolute atomic E-state index is 0.0383. The van der Waals surface area contributed by atoms with E-state index in [0.717, 1.165) is 19.4 Å². The molecule has 2 saturated carbocycles. The monoisotopic (exact) mass is 361 g/mol. The number of hydrogen-bond acceptors (Lipinski definition) is 2. The topological polar surface area (TPSA) is 45.7 Å². The van der Waals surface area contributed by atoms with E-state index in [9.17, 15) is 13.2 Å². The largest absolute Gasteiger partial charge is 0.391 e. The number of ether oxygens (including phenoxy) is 1. The van der Waals surface area contributed by atoms with Crippen LogP contribution in [0.2, 0.25) is 0 Å². The molecule has 25 heavy (non-hydrogen) atoms. The van der Waals surface area contributed by atoms with Gasteiger partial charge in [-0.25, -0.2) is 0 Å². The Hall–Kier alpha value is -0.980. The zero-order valence-electron chi connectivity index (χ0n) is 15.3. The molecule has 0 radical (unpaired) electrons. The van der Waals surface area contributed by atoms with Crippen LogP contribution in [0, 0.1) is 17.3 Å². The van der Waals surface area contributed by atoms with Gasteiger partial charge in [-0.05, 0) is 38.5 Å². The van der Waals surface area contributed by atoms with E-state index in [1.807, 2.05) is 0 Å². The molecular weight excluding hydrogens is 331 g/mol. The SMILES string of the molecule is CN=C(NC1CCC(C(F)(F)F)CC1)NC1C2CCCOC2C1(C)C.